The van der Waals surface area contributed by atoms with Crippen molar-refractivity contribution in [1.82, 2.24) is 10.6 Å². The molecule has 0 aromatic heterocycles. The molecule has 6 heteroatoms. The summed E-state index contributed by atoms with van der Waals surface area (Å²) in [4.78, 5) is 24.0. The van der Waals surface area contributed by atoms with E-state index in [9.17, 15) is 9.59 Å². The number of benzene rings is 1. The zero-order valence-corrected chi connectivity index (χ0v) is 12.8. The van der Waals surface area contributed by atoms with Crippen molar-refractivity contribution in [3.05, 3.63) is 28.8 Å². The van der Waals surface area contributed by atoms with Gasteiger partial charge in [-0.3, -0.25) is 9.59 Å². The van der Waals surface area contributed by atoms with E-state index in [-0.39, 0.29) is 17.9 Å². The molecule has 1 heterocycles. The van der Waals surface area contributed by atoms with Gasteiger partial charge in [-0.05, 0) is 44.5 Å². The lowest BCUT2D eigenvalue weighted by molar-refractivity contribution is -0.118. The number of hydrogen-bond donors (Lipinski definition) is 3. The van der Waals surface area contributed by atoms with Gasteiger partial charge in [0.2, 0.25) is 5.91 Å². The smallest absolute Gasteiger partial charge is 0.252 e. The fraction of sp³-hybridized carbons (Fsp3) is 0.467. The number of piperidine rings is 1. The summed E-state index contributed by atoms with van der Waals surface area (Å²) in [7, 11) is 0. The third-order valence-electron chi connectivity index (χ3n) is 3.44. The summed E-state index contributed by atoms with van der Waals surface area (Å²) in [6.45, 7) is 3.23. The molecule has 0 radical (unpaired) electrons. The van der Waals surface area contributed by atoms with Crippen LogP contribution in [0.3, 0.4) is 0 Å². The van der Waals surface area contributed by atoms with Crippen LogP contribution < -0.4 is 16.0 Å². The molecule has 114 valence electrons. The fourth-order valence-corrected chi connectivity index (χ4v) is 2.54. The summed E-state index contributed by atoms with van der Waals surface area (Å²) in [5.41, 5.74) is 0.950. The van der Waals surface area contributed by atoms with Crippen molar-refractivity contribution < 1.29 is 9.59 Å². The molecular weight excluding hydrogens is 290 g/mol. The second-order valence-electron chi connectivity index (χ2n) is 5.05. The van der Waals surface area contributed by atoms with Crippen LogP contribution >= 0.6 is 11.6 Å². The van der Waals surface area contributed by atoms with E-state index >= 15 is 0 Å². The van der Waals surface area contributed by atoms with E-state index in [0.29, 0.717) is 22.8 Å². The molecular formula is C15H20ClN3O2. The summed E-state index contributed by atoms with van der Waals surface area (Å²) in [6.07, 6.45) is 2.99. The molecule has 1 saturated heterocycles. The van der Waals surface area contributed by atoms with Gasteiger partial charge >= 0.3 is 0 Å². The van der Waals surface area contributed by atoms with Crippen molar-refractivity contribution in [2.45, 2.75) is 32.2 Å². The average molecular weight is 310 g/mol. The summed E-state index contributed by atoms with van der Waals surface area (Å²) in [6, 6.07) is 4.76. The number of halogens is 1. The Morgan fingerprint density at radius 3 is 2.86 bits per heavy atom. The zero-order valence-electron chi connectivity index (χ0n) is 12.0. The van der Waals surface area contributed by atoms with Crippen molar-refractivity contribution in [1.29, 1.82) is 0 Å². The van der Waals surface area contributed by atoms with Crippen molar-refractivity contribution in [2.75, 3.05) is 18.4 Å². The maximum absolute atomic E-state index is 12.2. The lowest BCUT2D eigenvalue weighted by Gasteiger charge is -2.22. The van der Waals surface area contributed by atoms with Gasteiger partial charge in [0.05, 0.1) is 16.6 Å². The Kier molecular flexibility index (Phi) is 5.59. The van der Waals surface area contributed by atoms with Crippen LogP contribution in [-0.4, -0.2) is 30.9 Å². The first-order valence-electron chi connectivity index (χ1n) is 7.24. The predicted octanol–water partition coefficient (Wildman–Crippen LogP) is 2.17. The topological polar surface area (TPSA) is 70.2 Å². The minimum Gasteiger partial charge on any atom is -0.352 e. The molecule has 2 amide bonds. The monoisotopic (exact) mass is 309 g/mol. The van der Waals surface area contributed by atoms with Crippen molar-refractivity contribution in [3.8, 4) is 0 Å². The molecule has 0 bridgehead atoms. The molecule has 0 saturated carbocycles. The molecule has 1 aromatic carbocycles. The minimum atomic E-state index is -0.241. The Labute approximate surface area is 129 Å². The Balaban J connectivity index is 2.07. The van der Waals surface area contributed by atoms with E-state index in [0.717, 1.165) is 25.8 Å². The molecule has 3 N–H and O–H groups in total. The number of rotatable bonds is 4. The minimum absolute atomic E-state index is 0.0705. The largest absolute Gasteiger partial charge is 0.352 e. The molecule has 0 spiro atoms. The Morgan fingerprint density at radius 1 is 1.38 bits per heavy atom. The number of carbonyl (C=O) groups is 2. The van der Waals surface area contributed by atoms with Crippen LogP contribution in [0.15, 0.2) is 18.2 Å². The van der Waals surface area contributed by atoms with E-state index in [1.54, 1.807) is 18.2 Å². The summed E-state index contributed by atoms with van der Waals surface area (Å²) >= 11 is 6.03. The zero-order chi connectivity index (χ0) is 15.2. The van der Waals surface area contributed by atoms with Gasteiger partial charge in [-0.15, -0.1) is 0 Å². The second-order valence-corrected chi connectivity index (χ2v) is 5.45. The highest BCUT2D eigenvalue weighted by molar-refractivity contribution is 6.34. The maximum atomic E-state index is 12.2. The summed E-state index contributed by atoms with van der Waals surface area (Å²) < 4.78 is 0. The van der Waals surface area contributed by atoms with Gasteiger partial charge in [0.25, 0.3) is 5.91 Å². The summed E-state index contributed by atoms with van der Waals surface area (Å²) in [5.74, 6) is -0.312. The Hall–Kier alpha value is -1.59. The van der Waals surface area contributed by atoms with Crippen LogP contribution in [0.2, 0.25) is 5.02 Å². The molecule has 5 nitrogen and oxygen atoms in total. The first-order valence-corrected chi connectivity index (χ1v) is 7.61. The van der Waals surface area contributed by atoms with Crippen LogP contribution in [0.1, 0.15) is 36.5 Å². The lowest BCUT2D eigenvalue weighted by Crippen LogP contribution is -2.43. The second kappa shape index (κ2) is 7.43. The molecule has 1 aromatic rings. The van der Waals surface area contributed by atoms with Crippen LogP contribution in [0.25, 0.3) is 0 Å². The summed E-state index contributed by atoms with van der Waals surface area (Å²) in [5, 5.41) is 9.10. The lowest BCUT2D eigenvalue weighted by atomic mass is 10.0. The maximum Gasteiger partial charge on any atom is 0.252 e. The standard InChI is InChI=1S/C15H20ClN3O2/c1-2-17-14(20)11-9-10(6-7-12(11)16)19-15(21)13-5-3-4-8-18-13/h6-7,9,13,18H,2-5,8H2,1H3,(H,17,20)(H,19,21). The molecule has 0 aliphatic carbocycles. The SMILES string of the molecule is CCNC(=O)c1cc(NC(=O)C2CCCCN2)ccc1Cl. The van der Waals surface area contributed by atoms with Crippen LogP contribution in [0.5, 0.6) is 0 Å². The first kappa shape index (κ1) is 15.8. The first-order chi connectivity index (χ1) is 10.1. The Morgan fingerprint density at radius 2 is 2.19 bits per heavy atom. The molecule has 1 aliphatic rings. The van der Waals surface area contributed by atoms with Crippen molar-refractivity contribution >= 4 is 29.1 Å². The van der Waals surface area contributed by atoms with Crippen molar-refractivity contribution in [3.63, 3.8) is 0 Å². The fourth-order valence-electron chi connectivity index (χ4n) is 2.34. The highest BCUT2D eigenvalue weighted by Crippen LogP contribution is 2.21. The van der Waals surface area contributed by atoms with E-state index in [2.05, 4.69) is 16.0 Å². The average Bonchev–Trinajstić information content (AvgIpc) is 2.50. The molecule has 1 aliphatic heterocycles. The predicted molar refractivity (Wildman–Crippen MR) is 83.7 cm³/mol. The van der Waals surface area contributed by atoms with E-state index < -0.39 is 0 Å². The number of anilines is 1. The third kappa shape index (κ3) is 4.19. The van der Waals surface area contributed by atoms with E-state index in [4.69, 9.17) is 11.6 Å². The molecule has 1 fully saturated rings. The van der Waals surface area contributed by atoms with Gasteiger partial charge in [-0.25, -0.2) is 0 Å². The number of nitrogens with one attached hydrogen (secondary N) is 3. The normalized spacial score (nSPS) is 18.1. The van der Waals surface area contributed by atoms with Crippen molar-refractivity contribution in [2.24, 2.45) is 0 Å². The molecule has 1 unspecified atom stereocenters. The van der Waals surface area contributed by atoms with Gasteiger partial charge in [0.15, 0.2) is 0 Å². The molecule has 21 heavy (non-hydrogen) atoms. The quantitative estimate of drug-likeness (QED) is 0.798. The highest BCUT2D eigenvalue weighted by Gasteiger charge is 2.21. The van der Waals surface area contributed by atoms with Crippen LogP contribution in [0.4, 0.5) is 5.69 Å². The van der Waals surface area contributed by atoms with E-state index in [1.807, 2.05) is 6.92 Å². The molecule has 1 atom stereocenters. The van der Waals surface area contributed by atoms with Crippen LogP contribution in [-0.2, 0) is 4.79 Å². The number of amides is 2. The Bertz CT molecular complexity index is 528. The van der Waals surface area contributed by atoms with Gasteiger partial charge in [-0.2, -0.15) is 0 Å². The van der Waals surface area contributed by atoms with Gasteiger partial charge in [-0.1, -0.05) is 18.0 Å². The van der Waals surface area contributed by atoms with Gasteiger partial charge < -0.3 is 16.0 Å². The number of hydrogen-bond acceptors (Lipinski definition) is 3. The third-order valence-corrected chi connectivity index (χ3v) is 3.77. The van der Waals surface area contributed by atoms with E-state index in [1.165, 1.54) is 0 Å². The van der Waals surface area contributed by atoms with Crippen LogP contribution in [0, 0.1) is 0 Å². The van der Waals surface area contributed by atoms with Gasteiger partial charge in [0.1, 0.15) is 0 Å². The number of carbonyl (C=O) groups excluding carboxylic acids is 2. The molecule has 2 rings (SSSR count). The van der Waals surface area contributed by atoms with Gasteiger partial charge in [0, 0.05) is 12.2 Å². The highest BCUT2D eigenvalue weighted by atomic mass is 35.5.